The third-order valence-electron chi connectivity index (χ3n) is 4.28. The molecule has 3 aromatic rings. The van der Waals surface area contributed by atoms with E-state index in [1.54, 1.807) is 18.3 Å². The van der Waals surface area contributed by atoms with Gasteiger partial charge in [-0.2, -0.15) is 5.10 Å². The lowest BCUT2D eigenvalue weighted by Crippen LogP contribution is -2.16. The zero-order chi connectivity index (χ0) is 18.3. The molecule has 2 heterocycles. The smallest absolute Gasteiger partial charge is 0.277 e. The SMILES string of the molecule is O=C(Nc1ncccc1Br)c1nn(-c2ccc(F)c(F)c2)c2c1CCC2. The van der Waals surface area contributed by atoms with Crippen LogP contribution in [0.2, 0.25) is 0 Å². The van der Waals surface area contributed by atoms with Crippen LogP contribution in [0.4, 0.5) is 14.6 Å². The minimum atomic E-state index is -0.951. The van der Waals surface area contributed by atoms with Crippen LogP contribution in [0.15, 0.2) is 41.0 Å². The van der Waals surface area contributed by atoms with Gasteiger partial charge in [0.2, 0.25) is 0 Å². The highest BCUT2D eigenvalue weighted by atomic mass is 79.9. The monoisotopic (exact) mass is 418 g/mol. The minimum Gasteiger partial charge on any atom is -0.304 e. The molecule has 1 N–H and O–H groups in total. The number of nitrogens with zero attached hydrogens (tertiary/aromatic N) is 3. The molecule has 1 aliphatic rings. The van der Waals surface area contributed by atoms with Crippen LogP contribution >= 0.6 is 15.9 Å². The van der Waals surface area contributed by atoms with Crippen molar-refractivity contribution < 1.29 is 13.6 Å². The fourth-order valence-corrected chi connectivity index (χ4v) is 3.45. The zero-order valence-corrected chi connectivity index (χ0v) is 15.1. The predicted octanol–water partition coefficient (Wildman–Crippen LogP) is 4.05. The van der Waals surface area contributed by atoms with Gasteiger partial charge in [-0.3, -0.25) is 4.79 Å². The molecule has 0 saturated heterocycles. The van der Waals surface area contributed by atoms with Crippen LogP contribution in [0.25, 0.3) is 5.69 Å². The van der Waals surface area contributed by atoms with Crippen molar-refractivity contribution in [2.45, 2.75) is 19.3 Å². The summed E-state index contributed by atoms with van der Waals surface area (Å²) in [6.07, 6.45) is 3.89. The molecule has 8 heteroatoms. The van der Waals surface area contributed by atoms with Crippen molar-refractivity contribution in [1.29, 1.82) is 0 Å². The molecule has 1 aliphatic carbocycles. The van der Waals surface area contributed by atoms with Gasteiger partial charge < -0.3 is 5.32 Å². The fraction of sp³-hybridized carbons (Fsp3) is 0.167. The predicted molar refractivity (Wildman–Crippen MR) is 95.4 cm³/mol. The maximum atomic E-state index is 13.6. The van der Waals surface area contributed by atoms with Gasteiger partial charge in [-0.1, -0.05) is 0 Å². The summed E-state index contributed by atoms with van der Waals surface area (Å²) in [7, 11) is 0. The van der Waals surface area contributed by atoms with Gasteiger partial charge in [-0.15, -0.1) is 0 Å². The number of carbonyl (C=O) groups is 1. The molecule has 1 amide bonds. The number of nitrogens with one attached hydrogen (secondary N) is 1. The number of rotatable bonds is 3. The maximum Gasteiger partial charge on any atom is 0.277 e. The summed E-state index contributed by atoms with van der Waals surface area (Å²) in [6, 6.07) is 7.10. The molecule has 4 rings (SSSR count). The Morgan fingerprint density at radius 2 is 2.04 bits per heavy atom. The highest BCUT2D eigenvalue weighted by Crippen LogP contribution is 2.29. The number of aromatic nitrogens is 3. The molecule has 5 nitrogen and oxygen atoms in total. The van der Waals surface area contributed by atoms with Crippen molar-refractivity contribution in [1.82, 2.24) is 14.8 Å². The summed E-state index contributed by atoms with van der Waals surface area (Å²) in [6.45, 7) is 0. The van der Waals surface area contributed by atoms with E-state index >= 15 is 0 Å². The summed E-state index contributed by atoms with van der Waals surface area (Å²) in [5.74, 6) is -1.86. The number of hydrogen-bond donors (Lipinski definition) is 1. The number of carbonyl (C=O) groups excluding carboxylic acids is 1. The van der Waals surface area contributed by atoms with E-state index in [4.69, 9.17) is 0 Å². The van der Waals surface area contributed by atoms with Crippen LogP contribution < -0.4 is 5.32 Å². The zero-order valence-electron chi connectivity index (χ0n) is 13.5. The Bertz CT molecular complexity index is 1020. The average Bonchev–Trinajstić information content (AvgIpc) is 3.22. The summed E-state index contributed by atoms with van der Waals surface area (Å²) in [4.78, 5) is 16.8. The number of amides is 1. The molecular weight excluding hydrogens is 406 g/mol. The first-order valence-corrected chi connectivity index (χ1v) is 8.82. The van der Waals surface area contributed by atoms with Gasteiger partial charge in [0, 0.05) is 23.5 Å². The largest absolute Gasteiger partial charge is 0.304 e. The normalized spacial score (nSPS) is 12.9. The Balaban J connectivity index is 1.73. The van der Waals surface area contributed by atoms with Gasteiger partial charge >= 0.3 is 0 Å². The van der Waals surface area contributed by atoms with E-state index in [1.807, 2.05) is 0 Å². The summed E-state index contributed by atoms with van der Waals surface area (Å²) < 4.78 is 29.0. The molecule has 2 aromatic heterocycles. The van der Waals surface area contributed by atoms with Gasteiger partial charge in [0.1, 0.15) is 5.82 Å². The second-order valence-corrected chi connectivity index (χ2v) is 6.78. The second kappa shape index (κ2) is 6.60. The number of halogens is 3. The first-order valence-electron chi connectivity index (χ1n) is 8.02. The molecule has 1 aromatic carbocycles. The van der Waals surface area contributed by atoms with Crippen molar-refractivity contribution in [2.75, 3.05) is 5.32 Å². The third kappa shape index (κ3) is 2.90. The average molecular weight is 419 g/mol. The Hall–Kier alpha value is -2.61. The lowest BCUT2D eigenvalue weighted by atomic mass is 10.2. The molecule has 132 valence electrons. The van der Waals surface area contributed by atoms with Crippen LogP contribution in [0.1, 0.15) is 28.2 Å². The molecule has 26 heavy (non-hydrogen) atoms. The molecule has 0 spiro atoms. The highest BCUT2D eigenvalue weighted by Gasteiger charge is 2.27. The third-order valence-corrected chi connectivity index (χ3v) is 4.92. The summed E-state index contributed by atoms with van der Waals surface area (Å²) in [5.41, 5.74) is 2.35. The van der Waals surface area contributed by atoms with Crippen LogP contribution in [0.5, 0.6) is 0 Å². The van der Waals surface area contributed by atoms with Gasteiger partial charge in [0.25, 0.3) is 5.91 Å². The van der Waals surface area contributed by atoms with Gasteiger partial charge in [-0.25, -0.2) is 18.4 Å². The van der Waals surface area contributed by atoms with E-state index in [9.17, 15) is 13.6 Å². The van der Waals surface area contributed by atoms with Crippen molar-refractivity contribution >= 4 is 27.7 Å². The molecule has 0 bridgehead atoms. The van der Waals surface area contributed by atoms with Gasteiger partial charge in [0.15, 0.2) is 17.3 Å². The number of pyridine rings is 1. The van der Waals surface area contributed by atoms with E-state index in [2.05, 4.69) is 31.3 Å². The Morgan fingerprint density at radius 3 is 2.81 bits per heavy atom. The maximum absolute atomic E-state index is 13.6. The van der Waals surface area contributed by atoms with E-state index in [0.717, 1.165) is 36.2 Å². The Kier molecular flexibility index (Phi) is 4.28. The molecule has 0 atom stereocenters. The van der Waals surface area contributed by atoms with Gasteiger partial charge in [0.05, 0.1) is 10.2 Å². The first-order chi connectivity index (χ1) is 12.5. The van der Waals surface area contributed by atoms with Crippen LogP contribution in [-0.4, -0.2) is 20.7 Å². The van der Waals surface area contributed by atoms with Crippen molar-refractivity contribution in [3.8, 4) is 5.69 Å². The highest BCUT2D eigenvalue weighted by molar-refractivity contribution is 9.10. The van der Waals surface area contributed by atoms with Crippen molar-refractivity contribution in [3.63, 3.8) is 0 Å². The summed E-state index contributed by atoms with van der Waals surface area (Å²) >= 11 is 3.34. The number of hydrogen-bond acceptors (Lipinski definition) is 3. The van der Waals surface area contributed by atoms with Crippen molar-refractivity contribution in [3.05, 3.63) is 69.6 Å². The second-order valence-electron chi connectivity index (χ2n) is 5.93. The van der Waals surface area contributed by atoms with Crippen LogP contribution in [0, 0.1) is 11.6 Å². The molecule has 0 fully saturated rings. The number of benzene rings is 1. The van der Waals surface area contributed by atoms with E-state index in [0.29, 0.717) is 22.4 Å². The molecule has 0 unspecified atom stereocenters. The van der Waals surface area contributed by atoms with Crippen LogP contribution in [-0.2, 0) is 12.8 Å². The standard InChI is InChI=1S/C18H13BrF2N4O/c19-12-4-2-8-22-17(12)23-18(26)16-11-3-1-5-15(11)25(24-16)10-6-7-13(20)14(21)9-10/h2,4,6-9H,1,3,5H2,(H,22,23,26). The fourth-order valence-electron chi connectivity index (χ4n) is 3.09. The molecule has 0 aliphatic heterocycles. The summed E-state index contributed by atoms with van der Waals surface area (Å²) in [5, 5.41) is 7.11. The molecular formula is C18H13BrF2N4O. The van der Waals surface area contributed by atoms with Crippen molar-refractivity contribution in [2.24, 2.45) is 0 Å². The quantitative estimate of drug-likeness (QED) is 0.697. The number of anilines is 1. The Labute approximate surface area is 156 Å². The van der Waals surface area contributed by atoms with Gasteiger partial charge in [-0.05, 0) is 59.5 Å². The Morgan fingerprint density at radius 1 is 1.19 bits per heavy atom. The van der Waals surface area contributed by atoms with E-state index in [1.165, 1.54) is 10.7 Å². The van der Waals surface area contributed by atoms with E-state index in [-0.39, 0.29) is 11.6 Å². The topological polar surface area (TPSA) is 59.8 Å². The number of fused-ring (bicyclic) bond motifs is 1. The lowest BCUT2D eigenvalue weighted by molar-refractivity contribution is 0.102. The lowest BCUT2D eigenvalue weighted by Gasteiger charge is -2.06. The van der Waals surface area contributed by atoms with E-state index < -0.39 is 11.6 Å². The van der Waals surface area contributed by atoms with Crippen LogP contribution in [0.3, 0.4) is 0 Å². The molecule has 0 saturated carbocycles. The first kappa shape index (κ1) is 16.8. The minimum absolute atomic E-state index is 0.278. The molecule has 0 radical (unpaired) electrons.